The Morgan fingerprint density at radius 2 is 2.06 bits per heavy atom. The lowest BCUT2D eigenvalue weighted by molar-refractivity contribution is -0.114. The Morgan fingerprint density at radius 1 is 1.35 bits per heavy atom. The maximum absolute atomic E-state index is 11.8. The summed E-state index contributed by atoms with van der Waals surface area (Å²) in [6, 6.07) is 4.87. The summed E-state index contributed by atoms with van der Waals surface area (Å²) in [6.07, 6.45) is 0. The van der Waals surface area contributed by atoms with Gasteiger partial charge < -0.3 is 0 Å². The minimum atomic E-state index is -0.648. The molecule has 1 aliphatic heterocycles. The van der Waals surface area contributed by atoms with Gasteiger partial charge in [0.1, 0.15) is 0 Å². The van der Waals surface area contributed by atoms with Crippen molar-refractivity contribution in [1.82, 2.24) is 0 Å². The van der Waals surface area contributed by atoms with Crippen LogP contribution in [0, 0.1) is 0 Å². The number of benzene rings is 1. The van der Waals surface area contributed by atoms with Gasteiger partial charge in [-0.1, -0.05) is 40.9 Å². The fourth-order valence-corrected chi connectivity index (χ4v) is 2.09. The van der Waals surface area contributed by atoms with Crippen LogP contribution in [-0.4, -0.2) is 18.2 Å². The number of nitrogens with zero attached hydrogens (tertiary/aromatic N) is 1. The lowest BCUT2D eigenvalue weighted by Gasteiger charge is -2.15. The van der Waals surface area contributed by atoms with Crippen molar-refractivity contribution in [1.29, 1.82) is 0 Å². The zero-order valence-electron chi connectivity index (χ0n) is 8.41. The van der Waals surface area contributed by atoms with Gasteiger partial charge in [0.15, 0.2) is 0 Å². The van der Waals surface area contributed by atoms with Crippen LogP contribution in [0.15, 0.2) is 28.8 Å². The summed E-state index contributed by atoms with van der Waals surface area (Å²) in [5.74, 6) is -1.27. The second-order valence-electron chi connectivity index (χ2n) is 3.41. The molecule has 0 aromatic heterocycles. The Kier molecular flexibility index (Phi) is 3.43. The summed E-state index contributed by atoms with van der Waals surface area (Å²) < 4.78 is 0. The number of hydrogen-bond donors (Lipinski definition) is 0. The predicted molar refractivity (Wildman–Crippen MR) is 67.9 cm³/mol. The van der Waals surface area contributed by atoms with Crippen molar-refractivity contribution in [2.75, 3.05) is 11.4 Å². The van der Waals surface area contributed by atoms with Crippen molar-refractivity contribution in [3.05, 3.63) is 39.4 Å². The molecule has 1 amide bonds. The molecule has 6 heteroatoms. The molecule has 0 N–H and O–H groups in total. The van der Waals surface area contributed by atoms with E-state index < -0.39 is 11.7 Å². The van der Waals surface area contributed by atoms with E-state index in [9.17, 15) is 9.59 Å². The normalized spacial score (nSPS) is 15.5. The number of rotatable bonds is 2. The first-order valence-corrected chi connectivity index (χ1v) is 5.85. The summed E-state index contributed by atoms with van der Waals surface area (Å²) in [7, 11) is 0. The van der Waals surface area contributed by atoms with Crippen LogP contribution >= 0.6 is 34.8 Å². The van der Waals surface area contributed by atoms with E-state index in [2.05, 4.69) is 0 Å². The quantitative estimate of drug-likeness (QED) is 0.785. The fourth-order valence-electron chi connectivity index (χ4n) is 1.64. The highest BCUT2D eigenvalue weighted by molar-refractivity contribution is 6.55. The third kappa shape index (κ3) is 2.06. The summed E-state index contributed by atoms with van der Waals surface area (Å²) in [6.45, 7) is 0.0585. The van der Waals surface area contributed by atoms with E-state index in [1.807, 2.05) is 0 Å². The summed E-state index contributed by atoms with van der Waals surface area (Å²) in [4.78, 5) is 24.7. The number of carbonyl (C=O) groups excluding carboxylic acids is 2. The molecule has 17 heavy (non-hydrogen) atoms. The average molecular weight is 291 g/mol. The molecule has 3 nitrogen and oxygen atoms in total. The van der Waals surface area contributed by atoms with E-state index in [1.54, 1.807) is 18.2 Å². The summed E-state index contributed by atoms with van der Waals surface area (Å²) in [5, 5.41) is 0.523. The highest BCUT2D eigenvalue weighted by Gasteiger charge is 2.37. The van der Waals surface area contributed by atoms with Crippen LogP contribution in [0.4, 0.5) is 5.69 Å². The first-order valence-electron chi connectivity index (χ1n) is 4.65. The van der Waals surface area contributed by atoms with Gasteiger partial charge in [-0.25, -0.2) is 0 Å². The lowest BCUT2D eigenvalue weighted by Crippen LogP contribution is -2.30. The standard InChI is InChI=1S/C11H6Cl3NO2/c12-4-6(13)5-15-8-3-1-2-7(14)9(8)10(16)11(15)17/h1-4H,5H2. The molecule has 0 saturated heterocycles. The molecule has 2 rings (SSSR count). The van der Waals surface area contributed by atoms with Crippen molar-refractivity contribution < 1.29 is 9.59 Å². The van der Waals surface area contributed by atoms with Crippen LogP contribution in [0.1, 0.15) is 10.4 Å². The number of amides is 1. The third-order valence-electron chi connectivity index (χ3n) is 2.38. The Labute approximate surface area is 113 Å². The van der Waals surface area contributed by atoms with Crippen molar-refractivity contribution in [2.24, 2.45) is 0 Å². The number of halogens is 3. The molecule has 0 saturated carbocycles. The maximum Gasteiger partial charge on any atom is 0.299 e. The lowest BCUT2D eigenvalue weighted by atomic mass is 10.1. The number of anilines is 1. The molecule has 88 valence electrons. The minimum Gasteiger partial charge on any atom is -0.299 e. The van der Waals surface area contributed by atoms with Gasteiger partial charge in [-0.2, -0.15) is 0 Å². The number of fused-ring (bicyclic) bond motifs is 1. The monoisotopic (exact) mass is 289 g/mol. The SMILES string of the molecule is O=C1C(=O)N(CC(Cl)=CCl)c2cccc(Cl)c21. The molecule has 1 heterocycles. The third-order valence-corrected chi connectivity index (χ3v) is 3.30. The van der Waals surface area contributed by atoms with Gasteiger partial charge in [0.05, 0.1) is 22.8 Å². The highest BCUT2D eigenvalue weighted by atomic mass is 35.5. The molecule has 0 unspecified atom stereocenters. The van der Waals surface area contributed by atoms with E-state index in [4.69, 9.17) is 34.8 Å². The van der Waals surface area contributed by atoms with Gasteiger partial charge >= 0.3 is 0 Å². The van der Waals surface area contributed by atoms with Gasteiger partial charge in [-0.15, -0.1) is 0 Å². The van der Waals surface area contributed by atoms with E-state index in [0.717, 1.165) is 5.54 Å². The van der Waals surface area contributed by atoms with Gasteiger partial charge in [-0.05, 0) is 12.1 Å². The predicted octanol–water partition coefficient (Wildman–Crippen LogP) is 3.19. The number of carbonyl (C=O) groups is 2. The first-order chi connectivity index (χ1) is 8.06. The molecule has 1 aromatic carbocycles. The largest absolute Gasteiger partial charge is 0.299 e. The van der Waals surface area contributed by atoms with Crippen LogP contribution in [0.5, 0.6) is 0 Å². The zero-order chi connectivity index (χ0) is 12.6. The number of Topliss-reactive ketones (excluding diaryl/α,β-unsaturated/α-hetero) is 1. The fraction of sp³-hybridized carbons (Fsp3) is 0.0909. The number of hydrogen-bond acceptors (Lipinski definition) is 2. The molecular weight excluding hydrogens is 284 g/mol. The second-order valence-corrected chi connectivity index (χ2v) is 4.52. The molecule has 0 bridgehead atoms. The molecule has 0 aliphatic carbocycles. The Morgan fingerprint density at radius 3 is 2.71 bits per heavy atom. The van der Waals surface area contributed by atoms with Gasteiger partial charge in [-0.3, -0.25) is 14.5 Å². The van der Waals surface area contributed by atoms with Crippen molar-refractivity contribution in [3.63, 3.8) is 0 Å². The molecule has 0 fully saturated rings. The van der Waals surface area contributed by atoms with E-state index >= 15 is 0 Å². The molecule has 0 atom stereocenters. The van der Waals surface area contributed by atoms with Crippen LogP contribution in [0.3, 0.4) is 0 Å². The Bertz CT molecular complexity index is 540. The molecule has 1 aliphatic rings. The Balaban J connectivity index is 2.49. The van der Waals surface area contributed by atoms with Crippen LogP contribution in [0.2, 0.25) is 5.02 Å². The molecular formula is C11H6Cl3NO2. The smallest absolute Gasteiger partial charge is 0.299 e. The minimum absolute atomic E-state index is 0.0585. The van der Waals surface area contributed by atoms with Gasteiger partial charge in [0, 0.05) is 10.6 Å². The molecule has 0 radical (unpaired) electrons. The van der Waals surface area contributed by atoms with Crippen molar-refractivity contribution in [2.45, 2.75) is 0 Å². The molecule has 1 aromatic rings. The van der Waals surface area contributed by atoms with E-state index in [-0.39, 0.29) is 22.2 Å². The maximum atomic E-state index is 11.8. The summed E-state index contributed by atoms with van der Waals surface area (Å²) >= 11 is 17.1. The zero-order valence-corrected chi connectivity index (χ0v) is 10.7. The molecule has 0 spiro atoms. The average Bonchev–Trinajstić information content (AvgIpc) is 2.55. The van der Waals surface area contributed by atoms with Crippen LogP contribution < -0.4 is 4.90 Å². The first kappa shape index (κ1) is 12.4. The van der Waals surface area contributed by atoms with Gasteiger partial charge in [0.2, 0.25) is 0 Å². The second kappa shape index (κ2) is 4.69. The van der Waals surface area contributed by atoms with Crippen LogP contribution in [-0.2, 0) is 4.79 Å². The van der Waals surface area contributed by atoms with Crippen molar-refractivity contribution >= 4 is 52.2 Å². The highest BCUT2D eigenvalue weighted by Crippen LogP contribution is 2.34. The Hall–Kier alpha value is -1.03. The van der Waals surface area contributed by atoms with Crippen LogP contribution in [0.25, 0.3) is 0 Å². The van der Waals surface area contributed by atoms with E-state index in [0.29, 0.717) is 5.69 Å². The topological polar surface area (TPSA) is 37.4 Å². The van der Waals surface area contributed by atoms with Gasteiger partial charge in [0.25, 0.3) is 11.7 Å². The number of ketones is 1. The van der Waals surface area contributed by atoms with Crippen molar-refractivity contribution in [3.8, 4) is 0 Å². The van der Waals surface area contributed by atoms with E-state index in [1.165, 1.54) is 4.90 Å². The summed E-state index contributed by atoms with van der Waals surface area (Å²) in [5.41, 5.74) is 1.84.